The van der Waals surface area contributed by atoms with E-state index in [9.17, 15) is 18.6 Å². The van der Waals surface area contributed by atoms with Gasteiger partial charge in [0.2, 0.25) is 21.8 Å². The van der Waals surface area contributed by atoms with Crippen molar-refractivity contribution in [1.29, 1.82) is 0 Å². The zero-order valence-corrected chi connectivity index (χ0v) is 20.0. The van der Waals surface area contributed by atoms with Gasteiger partial charge in [-0.25, -0.2) is 28.1 Å². The van der Waals surface area contributed by atoms with Gasteiger partial charge in [0.1, 0.15) is 18.5 Å². The zero-order valence-electron chi connectivity index (χ0n) is 19.2. The lowest BCUT2D eigenvalue weighted by Gasteiger charge is -2.16. The minimum absolute atomic E-state index is 0.0577. The first-order chi connectivity index (χ1) is 16.0. The summed E-state index contributed by atoms with van der Waals surface area (Å²) in [6.07, 6.45) is -2.05. The van der Waals surface area contributed by atoms with Crippen LogP contribution in [-0.2, 0) is 20.2 Å². The summed E-state index contributed by atoms with van der Waals surface area (Å²) < 4.78 is 39.2. The highest BCUT2D eigenvalue weighted by atomic mass is 32.2. The fourth-order valence-corrected chi connectivity index (χ4v) is 4.46. The molecule has 0 aliphatic carbocycles. The summed E-state index contributed by atoms with van der Waals surface area (Å²) >= 11 is 0. The van der Waals surface area contributed by atoms with Gasteiger partial charge in [-0.2, -0.15) is 0 Å². The molecule has 4 N–H and O–H groups in total. The first-order valence-corrected chi connectivity index (χ1v) is 12.4. The van der Waals surface area contributed by atoms with Gasteiger partial charge in [0.15, 0.2) is 29.3 Å². The molecular weight excluding hydrogens is 468 g/mol. The van der Waals surface area contributed by atoms with E-state index >= 15 is 0 Å². The number of anilines is 1. The third-order valence-corrected chi connectivity index (χ3v) is 6.69. The maximum atomic E-state index is 11.8. The molecule has 0 radical (unpaired) electrons. The molecule has 3 aromatic rings. The molecule has 0 aromatic carbocycles. The van der Waals surface area contributed by atoms with Crippen molar-refractivity contribution in [2.75, 3.05) is 24.2 Å². The molecule has 1 saturated heterocycles. The number of aromatic nitrogens is 6. The highest BCUT2D eigenvalue weighted by molar-refractivity contribution is 7.89. The normalized spacial score (nSPS) is 23.6. The van der Waals surface area contributed by atoms with Crippen LogP contribution in [-0.4, -0.2) is 79.4 Å². The van der Waals surface area contributed by atoms with E-state index in [-0.39, 0.29) is 23.6 Å². The lowest BCUT2D eigenvalue weighted by molar-refractivity contribution is -0.0441. The van der Waals surface area contributed by atoms with E-state index in [0.29, 0.717) is 29.4 Å². The predicted octanol–water partition coefficient (Wildman–Crippen LogP) is -0.150. The third kappa shape index (κ3) is 4.74. The van der Waals surface area contributed by atoms with Crippen molar-refractivity contribution in [3.8, 4) is 0 Å². The molecule has 0 saturated carbocycles. The fourth-order valence-electron chi connectivity index (χ4n) is 3.51. The largest absolute Gasteiger partial charge is 0.422 e. The maximum Gasteiger partial charge on any atom is 0.248 e. The second kappa shape index (κ2) is 9.14. The summed E-state index contributed by atoms with van der Waals surface area (Å²) in [6, 6.07) is 0. The Hall–Kier alpha value is -2.72. The quantitative estimate of drug-likeness (QED) is 0.323. The van der Waals surface area contributed by atoms with E-state index in [2.05, 4.69) is 35.2 Å². The Morgan fingerprint density at radius 2 is 1.91 bits per heavy atom. The average molecular weight is 497 g/mol. The van der Waals surface area contributed by atoms with Gasteiger partial charge in [0.25, 0.3) is 0 Å². The smallest absolute Gasteiger partial charge is 0.248 e. The van der Waals surface area contributed by atoms with Crippen LogP contribution in [0.15, 0.2) is 17.1 Å². The van der Waals surface area contributed by atoms with Crippen molar-refractivity contribution in [1.82, 2.24) is 34.4 Å². The molecule has 1 aliphatic rings. The molecule has 4 atom stereocenters. The molecule has 1 aliphatic heterocycles. The third-order valence-electron chi connectivity index (χ3n) is 5.22. The van der Waals surface area contributed by atoms with Gasteiger partial charge in [0, 0.05) is 18.5 Å². The molecule has 186 valence electrons. The highest BCUT2D eigenvalue weighted by Crippen LogP contribution is 2.40. The Balaban J connectivity index is 1.55. The Bertz CT molecular complexity index is 1250. The molecule has 1 fully saturated rings. The SMILES string of the molecule is CCNS(=O)(=O)CCNc1ncnc2c1ncn2[C@@H]1O[C@H](c2nnc(C(C)(C)C)o2)[C@@H](O)[C@@H]1O. The molecule has 34 heavy (non-hydrogen) atoms. The summed E-state index contributed by atoms with van der Waals surface area (Å²) in [6.45, 7) is 7.84. The molecule has 14 nitrogen and oxygen atoms in total. The second-order valence-electron chi connectivity index (χ2n) is 8.91. The van der Waals surface area contributed by atoms with Gasteiger partial charge >= 0.3 is 0 Å². The van der Waals surface area contributed by atoms with E-state index in [1.54, 1.807) is 6.92 Å². The number of aliphatic hydroxyl groups excluding tert-OH is 2. The summed E-state index contributed by atoms with van der Waals surface area (Å²) in [5, 5.41) is 32.2. The van der Waals surface area contributed by atoms with Gasteiger partial charge < -0.3 is 24.7 Å². The molecule has 4 rings (SSSR count). The Kier molecular flexibility index (Phi) is 6.56. The minimum atomic E-state index is -3.40. The van der Waals surface area contributed by atoms with Crippen LogP contribution in [0.5, 0.6) is 0 Å². The molecule has 0 unspecified atom stereocenters. The van der Waals surface area contributed by atoms with Crippen molar-refractivity contribution in [2.45, 2.75) is 57.6 Å². The van der Waals surface area contributed by atoms with Crippen LogP contribution < -0.4 is 10.0 Å². The van der Waals surface area contributed by atoms with E-state index in [4.69, 9.17) is 9.15 Å². The van der Waals surface area contributed by atoms with E-state index in [1.165, 1.54) is 17.2 Å². The summed E-state index contributed by atoms with van der Waals surface area (Å²) in [5.41, 5.74) is 0.286. The van der Waals surface area contributed by atoms with Crippen LogP contribution in [0.2, 0.25) is 0 Å². The summed E-state index contributed by atoms with van der Waals surface area (Å²) in [7, 11) is -3.40. The molecule has 3 aromatic heterocycles. The number of ether oxygens (including phenoxy) is 1. The lowest BCUT2D eigenvalue weighted by Crippen LogP contribution is -2.29. The molecule has 15 heteroatoms. The van der Waals surface area contributed by atoms with Crippen LogP contribution >= 0.6 is 0 Å². The summed E-state index contributed by atoms with van der Waals surface area (Å²) in [5.74, 6) is 0.615. The van der Waals surface area contributed by atoms with Gasteiger partial charge in [-0.1, -0.05) is 27.7 Å². The number of hydrogen-bond acceptors (Lipinski definition) is 12. The number of sulfonamides is 1. The number of aliphatic hydroxyl groups is 2. The van der Waals surface area contributed by atoms with Crippen LogP contribution in [0.1, 0.15) is 51.8 Å². The number of fused-ring (bicyclic) bond motifs is 1. The standard InChI is InChI=1S/C19H28N8O6S/c1-5-24-34(30,31)7-6-20-14-10-15(22-8-21-14)27(9-23-10)17-12(29)11(28)13(32-17)16-25-26-18(33-16)19(2,3)4/h8-9,11-13,17,24,28-29H,5-7H2,1-4H3,(H,20,21,22)/t11-,12-,13-,17+/m0/s1. The first kappa shape index (κ1) is 24.4. The van der Waals surface area contributed by atoms with E-state index < -0.39 is 34.6 Å². The monoisotopic (exact) mass is 496 g/mol. The van der Waals surface area contributed by atoms with Crippen molar-refractivity contribution < 1.29 is 27.8 Å². The zero-order chi connectivity index (χ0) is 24.7. The van der Waals surface area contributed by atoms with Crippen LogP contribution in [0.25, 0.3) is 11.2 Å². The lowest BCUT2D eigenvalue weighted by atomic mass is 9.97. The first-order valence-electron chi connectivity index (χ1n) is 10.8. The van der Waals surface area contributed by atoms with Gasteiger partial charge in [0.05, 0.1) is 12.1 Å². The van der Waals surface area contributed by atoms with Gasteiger partial charge in [-0.15, -0.1) is 10.2 Å². The second-order valence-corrected chi connectivity index (χ2v) is 10.8. The van der Waals surface area contributed by atoms with Crippen molar-refractivity contribution >= 4 is 27.0 Å². The van der Waals surface area contributed by atoms with E-state index in [0.717, 1.165) is 0 Å². The number of imidazole rings is 1. The maximum absolute atomic E-state index is 11.8. The Labute approximate surface area is 195 Å². The van der Waals surface area contributed by atoms with E-state index in [1.807, 2.05) is 20.8 Å². The van der Waals surface area contributed by atoms with Gasteiger partial charge in [-0.3, -0.25) is 4.57 Å². The molecular formula is C19H28N8O6S. The number of rotatable bonds is 8. The molecule has 4 heterocycles. The van der Waals surface area contributed by atoms with Gasteiger partial charge in [-0.05, 0) is 0 Å². The minimum Gasteiger partial charge on any atom is -0.422 e. The average Bonchev–Trinajstić information content (AvgIpc) is 3.47. The molecule has 0 bridgehead atoms. The van der Waals surface area contributed by atoms with Crippen LogP contribution in [0, 0.1) is 0 Å². The highest BCUT2D eigenvalue weighted by Gasteiger charge is 2.48. The number of nitrogens with zero attached hydrogens (tertiary/aromatic N) is 6. The van der Waals surface area contributed by atoms with Crippen molar-refractivity contribution in [3.63, 3.8) is 0 Å². The van der Waals surface area contributed by atoms with Crippen molar-refractivity contribution in [3.05, 3.63) is 24.4 Å². The topological polar surface area (TPSA) is 190 Å². The predicted molar refractivity (Wildman–Crippen MR) is 119 cm³/mol. The summed E-state index contributed by atoms with van der Waals surface area (Å²) in [4.78, 5) is 12.7. The molecule has 0 amide bonds. The molecule has 0 spiro atoms. The van der Waals surface area contributed by atoms with Crippen LogP contribution in [0.4, 0.5) is 5.82 Å². The van der Waals surface area contributed by atoms with Crippen molar-refractivity contribution in [2.24, 2.45) is 0 Å². The van der Waals surface area contributed by atoms with Crippen LogP contribution in [0.3, 0.4) is 0 Å². The number of hydrogen-bond donors (Lipinski definition) is 4. The Morgan fingerprint density at radius 3 is 2.59 bits per heavy atom. The Morgan fingerprint density at radius 1 is 1.15 bits per heavy atom. The fraction of sp³-hybridized carbons (Fsp3) is 0.632. The number of nitrogens with one attached hydrogen (secondary N) is 2.